The van der Waals surface area contributed by atoms with Gasteiger partial charge in [-0.1, -0.05) is 42.5 Å². The molecule has 1 saturated heterocycles. The smallest absolute Gasteiger partial charge is 0.322 e. The van der Waals surface area contributed by atoms with E-state index in [0.717, 1.165) is 11.6 Å². The summed E-state index contributed by atoms with van der Waals surface area (Å²) in [7, 11) is 0. The number of hydrogen-bond acceptors (Lipinski definition) is 3. The molecular weight excluding hydrogens is 337 g/mol. The van der Waals surface area contributed by atoms with Crippen molar-refractivity contribution in [2.24, 2.45) is 0 Å². The predicted octanol–water partition coefficient (Wildman–Crippen LogP) is 2.41. The summed E-state index contributed by atoms with van der Waals surface area (Å²) in [4.78, 5) is 37.0. The average Bonchev–Trinajstić information content (AvgIpc) is 2.85. The standard InChI is InChI=1S/C19H18FN3O3/c1-19(12-11-13-7-3-2-4-8-13)17(25)23(18(26)21-19)22-16(24)14-9-5-6-10-15(14)20/h2-10H,11-12H2,1H3,(H,21,26)(H,22,24). The zero-order valence-electron chi connectivity index (χ0n) is 14.2. The molecule has 1 heterocycles. The first-order valence-electron chi connectivity index (χ1n) is 8.17. The lowest BCUT2D eigenvalue weighted by Crippen LogP contribution is -2.49. The van der Waals surface area contributed by atoms with E-state index in [1.807, 2.05) is 30.3 Å². The van der Waals surface area contributed by atoms with Crippen LogP contribution in [0.2, 0.25) is 0 Å². The second-order valence-electron chi connectivity index (χ2n) is 6.31. The number of benzene rings is 2. The van der Waals surface area contributed by atoms with Gasteiger partial charge in [-0.25, -0.2) is 9.18 Å². The number of urea groups is 1. The van der Waals surface area contributed by atoms with Gasteiger partial charge in [-0.3, -0.25) is 15.0 Å². The van der Waals surface area contributed by atoms with Gasteiger partial charge >= 0.3 is 6.03 Å². The summed E-state index contributed by atoms with van der Waals surface area (Å²) in [6.07, 6.45) is 0.951. The lowest BCUT2D eigenvalue weighted by atomic mass is 9.93. The number of rotatable bonds is 5. The first-order valence-corrected chi connectivity index (χ1v) is 8.17. The highest BCUT2D eigenvalue weighted by atomic mass is 19.1. The summed E-state index contributed by atoms with van der Waals surface area (Å²) < 4.78 is 13.7. The van der Waals surface area contributed by atoms with Crippen LogP contribution in [0.15, 0.2) is 54.6 Å². The summed E-state index contributed by atoms with van der Waals surface area (Å²) in [5, 5.41) is 3.21. The van der Waals surface area contributed by atoms with E-state index in [1.54, 1.807) is 6.92 Å². The van der Waals surface area contributed by atoms with E-state index < -0.39 is 29.2 Å². The number of nitrogens with one attached hydrogen (secondary N) is 2. The Kier molecular flexibility index (Phi) is 4.71. The third kappa shape index (κ3) is 3.42. The molecule has 1 aliphatic heterocycles. The molecule has 0 aromatic heterocycles. The van der Waals surface area contributed by atoms with Crippen LogP contribution in [0.3, 0.4) is 0 Å². The van der Waals surface area contributed by atoms with Gasteiger partial charge in [0, 0.05) is 0 Å². The van der Waals surface area contributed by atoms with Crippen molar-refractivity contribution in [3.05, 3.63) is 71.5 Å². The maximum Gasteiger partial charge on any atom is 0.344 e. The molecule has 6 nitrogen and oxygen atoms in total. The SMILES string of the molecule is CC1(CCc2ccccc2)NC(=O)N(NC(=O)c2ccccc2F)C1=O. The molecule has 2 aromatic rings. The molecule has 1 aliphatic rings. The minimum atomic E-state index is -1.14. The lowest BCUT2D eigenvalue weighted by molar-refractivity contribution is -0.132. The molecule has 3 rings (SSSR count). The summed E-state index contributed by atoms with van der Waals surface area (Å²) >= 11 is 0. The normalized spacial score (nSPS) is 19.4. The number of carbonyl (C=O) groups is 3. The number of carbonyl (C=O) groups excluding carboxylic acids is 3. The fraction of sp³-hybridized carbons (Fsp3) is 0.211. The van der Waals surface area contributed by atoms with Crippen molar-refractivity contribution in [2.45, 2.75) is 25.3 Å². The fourth-order valence-corrected chi connectivity index (χ4v) is 2.80. The van der Waals surface area contributed by atoms with Crippen LogP contribution in [0.5, 0.6) is 0 Å². The molecule has 1 atom stereocenters. The van der Waals surface area contributed by atoms with Crippen molar-refractivity contribution in [1.82, 2.24) is 15.8 Å². The van der Waals surface area contributed by atoms with Crippen molar-refractivity contribution in [3.63, 3.8) is 0 Å². The molecule has 1 fully saturated rings. The van der Waals surface area contributed by atoms with Gasteiger partial charge < -0.3 is 5.32 Å². The predicted molar refractivity (Wildman–Crippen MR) is 92.4 cm³/mol. The molecule has 26 heavy (non-hydrogen) atoms. The van der Waals surface area contributed by atoms with Crippen molar-refractivity contribution < 1.29 is 18.8 Å². The number of imide groups is 1. The third-order valence-corrected chi connectivity index (χ3v) is 4.35. The van der Waals surface area contributed by atoms with Crippen LogP contribution < -0.4 is 10.7 Å². The molecular formula is C19H18FN3O3. The largest absolute Gasteiger partial charge is 0.344 e. The van der Waals surface area contributed by atoms with Crippen LogP contribution in [0.25, 0.3) is 0 Å². The quantitative estimate of drug-likeness (QED) is 0.809. The Morgan fingerprint density at radius 2 is 1.77 bits per heavy atom. The molecule has 4 amide bonds. The monoisotopic (exact) mass is 355 g/mol. The van der Waals surface area contributed by atoms with Crippen molar-refractivity contribution in [1.29, 1.82) is 0 Å². The Hall–Kier alpha value is -3.22. The summed E-state index contributed by atoms with van der Waals surface area (Å²) in [6.45, 7) is 1.60. The van der Waals surface area contributed by atoms with Gasteiger partial charge in [0.1, 0.15) is 11.4 Å². The second-order valence-corrected chi connectivity index (χ2v) is 6.31. The fourth-order valence-electron chi connectivity index (χ4n) is 2.80. The van der Waals surface area contributed by atoms with E-state index in [4.69, 9.17) is 0 Å². The van der Waals surface area contributed by atoms with E-state index in [9.17, 15) is 18.8 Å². The van der Waals surface area contributed by atoms with Crippen LogP contribution in [0.1, 0.15) is 29.3 Å². The molecule has 0 aliphatic carbocycles. The van der Waals surface area contributed by atoms with E-state index >= 15 is 0 Å². The molecule has 0 saturated carbocycles. The number of halogens is 1. The van der Waals surface area contributed by atoms with Crippen LogP contribution in [0, 0.1) is 5.82 Å². The van der Waals surface area contributed by atoms with Crippen molar-refractivity contribution >= 4 is 17.8 Å². The van der Waals surface area contributed by atoms with Crippen molar-refractivity contribution in [2.75, 3.05) is 0 Å². The van der Waals surface area contributed by atoms with Crippen LogP contribution >= 0.6 is 0 Å². The van der Waals surface area contributed by atoms with Crippen molar-refractivity contribution in [3.8, 4) is 0 Å². The number of amides is 4. The van der Waals surface area contributed by atoms with Gasteiger partial charge in [0.2, 0.25) is 0 Å². The highest BCUT2D eigenvalue weighted by molar-refractivity contribution is 6.09. The Morgan fingerprint density at radius 3 is 2.46 bits per heavy atom. The molecule has 0 spiro atoms. The maximum atomic E-state index is 13.7. The number of hydrogen-bond donors (Lipinski definition) is 2. The molecule has 2 N–H and O–H groups in total. The van der Waals surface area contributed by atoms with Gasteiger partial charge in [-0.2, -0.15) is 5.01 Å². The number of aryl methyl sites for hydroxylation is 1. The van der Waals surface area contributed by atoms with E-state index in [2.05, 4.69) is 10.7 Å². The second kappa shape index (κ2) is 6.95. The van der Waals surface area contributed by atoms with Gasteiger partial charge in [0.05, 0.1) is 5.56 Å². The summed E-state index contributed by atoms with van der Waals surface area (Å²) in [5.74, 6) is -2.18. The van der Waals surface area contributed by atoms with Crippen LogP contribution in [-0.2, 0) is 11.2 Å². The van der Waals surface area contributed by atoms with Crippen LogP contribution in [-0.4, -0.2) is 28.4 Å². The molecule has 134 valence electrons. The Balaban J connectivity index is 1.70. The lowest BCUT2D eigenvalue weighted by Gasteiger charge is -2.21. The average molecular weight is 355 g/mol. The van der Waals surface area contributed by atoms with Gasteiger partial charge in [0.15, 0.2) is 0 Å². The van der Waals surface area contributed by atoms with E-state index in [0.29, 0.717) is 17.9 Å². The zero-order chi connectivity index (χ0) is 18.7. The Bertz CT molecular complexity index is 856. The Morgan fingerprint density at radius 1 is 1.12 bits per heavy atom. The third-order valence-electron chi connectivity index (χ3n) is 4.35. The van der Waals surface area contributed by atoms with E-state index in [-0.39, 0.29) is 5.56 Å². The number of hydrazine groups is 1. The highest BCUT2D eigenvalue weighted by Gasteiger charge is 2.48. The molecule has 0 radical (unpaired) electrons. The molecule has 1 unspecified atom stereocenters. The number of nitrogens with zero attached hydrogens (tertiary/aromatic N) is 1. The first kappa shape index (κ1) is 17.6. The topological polar surface area (TPSA) is 78.5 Å². The minimum absolute atomic E-state index is 0.244. The molecule has 0 bridgehead atoms. The zero-order valence-corrected chi connectivity index (χ0v) is 14.2. The van der Waals surface area contributed by atoms with Gasteiger partial charge in [0.25, 0.3) is 11.8 Å². The first-order chi connectivity index (χ1) is 12.4. The summed E-state index contributed by atoms with van der Waals surface area (Å²) in [5.41, 5.74) is 1.83. The van der Waals surface area contributed by atoms with E-state index in [1.165, 1.54) is 18.2 Å². The molecule has 2 aromatic carbocycles. The minimum Gasteiger partial charge on any atom is -0.322 e. The van der Waals surface area contributed by atoms with Crippen LogP contribution in [0.4, 0.5) is 9.18 Å². The summed E-state index contributed by atoms with van der Waals surface area (Å²) in [6, 6.07) is 14.2. The van der Waals surface area contributed by atoms with Gasteiger partial charge in [-0.15, -0.1) is 0 Å². The van der Waals surface area contributed by atoms with Gasteiger partial charge in [-0.05, 0) is 37.5 Å². The Labute approximate surface area is 150 Å². The maximum absolute atomic E-state index is 13.7. The highest BCUT2D eigenvalue weighted by Crippen LogP contribution is 2.22. The molecule has 7 heteroatoms.